The second kappa shape index (κ2) is 7.92. The number of hydrogen-bond acceptors (Lipinski definition) is 6. The van der Waals surface area contributed by atoms with E-state index >= 15 is 0 Å². The van der Waals surface area contributed by atoms with Gasteiger partial charge >= 0.3 is 7.60 Å². The van der Waals surface area contributed by atoms with Crippen LogP contribution in [-0.4, -0.2) is 34.0 Å². The summed E-state index contributed by atoms with van der Waals surface area (Å²) in [4.78, 5) is 26.6. The molecule has 3 N–H and O–H groups in total. The maximum atomic E-state index is 11.1. The summed E-state index contributed by atoms with van der Waals surface area (Å²) in [5.74, 6) is 1.83. The van der Waals surface area contributed by atoms with Gasteiger partial charge in [-0.15, -0.1) is 0 Å². The molecule has 27 heavy (non-hydrogen) atoms. The molecule has 3 rings (SSSR count). The first-order valence-corrected chi connectivity index (χ1v) is 9.92. The fourth-order valence-corrected chi connectivity index (χ4v) is 3.40. The monoisotopic (exact) mass is 389 g/mol. The molecule has 0 radical (unpaired) electrons. The molecule has 3 aromatic rings. The van der Waals surface area contributed by atoms with E-state index in [-0.39, 0.29) is 6.16 Å². The predicted molar refractivity (Wildman–Crippen MR) is 102 cm³/mol. The van der Waals surface area contributed by atoms with Crippen molar-refractivity contribution in [1.29, 1.82) is 0 Å². The number of fused-ring (bicyclic) bond motifs is 1. The molecule has 0 saturated carbocycles. The fourth-order valence-electron chi connectivity index (χ4n) is 2.71. The highest BCUT2D eigenvalue weighted by atomic mass is 31.2. The van der Waals surface area contributed by atoms with Crippen LogP contribution in [-0.2, 0) is 17.3 Å². The molecule has 1 aromatic heterocycles. The van der Waals surface area contributed by atoms with E-state index in [1.165, 1.54) is 6.33 Å². The molecule has 0 spiro atoms. The van der Waals surface area contributed by atoms with Crippen molar-refractivity contribution in [2.75, 3.05) is 19.5 Å². The molecule has 2 aromatic carbocycles. The highest BCUT2D eigenvalue weighted by Crippen LogP contribution is 2.39. The van der Waals surface area contributed by atoms with Crippen LogP contribution in [0.4, 0.5) is 5.82 Å². The van der Waals surface area contributed by atoms with Crippen LogP contribution in [0.15, 0.2) is 42.7 Å². The van der Waals surface area contributed by atoms with Crippen LogP contribution in [0.25, 0.3) is 10.9 Å². The summed E-state index contributed by atoms with van der Waals surface area (Å²) in [6, 6.07) is 10.7. The van der Waals surface area contributed by atoms with Gasteiger partial charge in [0.25, 0.3) is 0 Å². The predicted octanol–water partition coefficient (Wildman–Crippen LogP) is 2.94. The number of ether oxygens (including phenoxy) is 2. The van der Waals surface area contributed by atoms with Crippen molar-refractivity contribution >= 4 is 24.3 Å². The maximum absolute atomic E-state index is 11.1. The number of benzene rings is 2. The Balaban J connectivity index is 1.79. The van der Waals surface area contributed by atoms with E-state index in [0.717, 1.165) is 16.5 Å². The smallest absolute Gasteiger partial charge is 0.329 e. The second-order valence-electron chi connectivity index (χ2n) is 5.94. The summed E-state index contributed by atoms with van der Waals surface area (Å²) < 4.78 is 21.7. The van der Waals surface area contributed by atoms with Gasteiger partial charge in [0.2, 0.25) is 0 Å². The quantitative estimate of drug-likeness (QED) is 0.529. The van der Waals surface area contributed by atoms with E-state index < -0.39 is 7.60 Å². The maximum Gasteiger partial charge on any atom is 0.329 e. The lowest BCUT2D eigenvalue weighted by molar-refractivity contribution is 0.356. The van der Waals surface area contributed by atoms with Gasteiger partial charge in [-0.1, -0.05) is 24.3 Å². The van der Waals surface area contributed by atoms with Gasteiger partial charge in [-0.05, 0) is 17.2 Å². The molecule has 0 unspecified atom stereocenters. The van der Waals surface area contributed by atoms with Gasteiger partial charge in [-0.2, -0.15) is 0 Å². The zero-order valence-corrected chi connectivity index (χ0v) is 15.8. The van der Waals surface area contributed by atoms with E-state index in [2.05, 4.69) is 15.3 Å². The van der Waals surface area contributed by atoms with E-state index in [9.17, 15) is 4.57 Å². The topological polar surface area (TPSA) is 114 Å². The van der Waals surface area contributed by atoms with Crippen molar-refractivity contribution in [2.24, 2.45) is 0 Å². The molecular weight excluding hydrogens is 369 g/mol. The van der Waals surface area contributed by atoms with Crippen molar-refractivity contribution in [3.8, 4) is 11.5 Å². The molecule has 0 atom stereocenters. The second-order valence-corrected chi connectivity index (χ2v) is 7.59. The Morgan fingerprint density at radius 2 is 1.63 bits per heavy atom. The van der Waals surface area contributed by atoms with Crippen molar-refractivity contribution in [1.82, 2.24) is 9.97 Å². The first-order valence-electron chi connectivity index (χ1n) is 8.12. The van der Waals surface area contributed by atoms with Gasteiger partial charge in [0.05, 0.1) is 25.9 Å². The zero-order valence-electron chi connectivity index (χ0n) is 14.9. The molecular formula is C18H20N3O5P. The largest absolute Gasteiger partial charge is 0.493 e. The van der Waals surface area contributed by atoms with Crippen LogP contribution in [0.2, 0.25) is 0 Å². The minimum absolute atomic E-state index is 0.265. The number of hydrogen-bond donors (Lipinski definition) is 3. The normalized spacial score (nSPS) is 11.4. The summed E-state index contributed by atoms with van der Waals surface area (Å²) in [6.45, 7) is 0.497. The Hall–Kier alpha value is -2.67. The van der Waals surface area contributed by atoms with Crippen molar-refractivity contribution in [3.05, 3.63) is 53.9 Å². The first-order chi connectivity index (χ1) is 12.9. The van der Waals surface area contributed by atoms with Crippen molar-refractivity contribution in [2.45, 2.75) is 12.7 Å². The molecule has 142 valence electrons. The molecule has 0 fully saturated rings. The SMILES string of the molecule is COc1cc2ncnc(NCc3ccc(CP(=O)(O)O)cc3)c2cc1OC. The summed E-state index contributed by atoms with van der Waals surface area (Å²) in [6.07, 6.45) is 1.21. The Bertz CT molecular complexity index is 988. The molecule has 0 bridgehead atoms. The van der Waals surface area contributed by atoms with E-state index in [1.807, 2.05) is 18.2 Å². The fraction of sp³-hybridized carbons (Fsp3) is 0.222. The number of nitrogens with zero attached hydrogens (tertiary/aromatic N) is 2. The molecule has 0 saturated heterocycles. The molecule has 0 aliphatic carbocycles. The highest BCUT2D eigenvalue weighted by Gasteiger charge is 2.14. The Morgan fingerprint density at radius 3 is 2.26 bits per heavy atom. The van der Waals surface area contributed by atoms with Gasteiger partial charge in [0, 0.05) is 18.0 Å². The highest BCUT2D eigenvalue weighted by molar-refractivity contribution is 7.50. The van der Waals surface area contributed by atoms with E-state index in [4.69, 9.17) is 19.3 Å². The number of methoxy groups -OCH3 is 2. The minimum Gasteiger partial charge on any atom is -0.493 e. The lowest BCUT2D eigenvalue weighted by Gasteiger charge is -2.12. The third-order valence-corrected chi connectivity index (χ3v) is 4.79. The summed E-state index contributed by atoms with van der Waals surface area (Å²) >= 11 is 0. The first kappa shape index (κ1) is 19.1. The van der Waals surface area contributed by atoms with Crippen LogP contribution in [0.5, 0.6) is 11.5 Å². The molecule has 0 aliphatic heterocycles. The Kier molecular flexibility index (Phi) is 5.60. The molecule has 8 nitrogen and oxygen atoms in total. The number of rotatable bonds is 7. The molecule has 0 aliphatic rings. The van der Waals surface area contributed by atoms with Crippen LogP contribution in [0, 0.1) is 0 Å². The Labute approximate surface area is 156 Å². The van der Waals surface area contributed by atoms with Crippen molar-refractivity contribution < 1.29 is 23.8 Å². The number of aromatic nitrogens is 2. The van der Waals surface area contributed by atoms with Gasteiger partial charge in [-0.25, -0.2) is 9.97 Å². The summed E-state index contributed by atoms with van der Waals surface area (Å²) in [5.41, 5.74) is 2.27. The lowest BCUT2D eigenvalue weighted by atomic mass is 10.1. The van der Waals surface area contributed by atoms with Gasteiger partial charge in [0.1, 0.15) is 12.1 Å². The summed E-state index contributed by atoms with van der Waals surface area (Å²) in [7, 11) is -0.924. The van der Waals surface area contributed by atoms with Gasteiger partial charge < -0.3 is 24.6 Å². The zero-order chi connectivity index (χ0) is 19.4. The van der Waals surface area contributed by atoms with Crippen LogP contribution >= 0.6 is 7.60 Å². The molecule has 1 heterocycles. The average molecular weight is 389 g/mol. The van der Waals surface area contributed by atoms with Crippen molar-refractivity contribution in [3.63, 3.8) is 0 Å². The lowest BCUT2D eigenvalue weighted by Crippen LogP contribution is -2.03. The number of nitrogens with one attached hydrogen (secondary N) is 1. The minimum atomic E-state index is -4.06. The van der Waals surface area contributed by atoms with E-state index in [0.29, 0.717) is 29.4 Å². The third kappa shape index (κ3) is 4.74. The number of anilines is 1. The van der Waals surface area contributed by atoms with Crippen LogP contribution < -0.4 is 14.8 Å². The Morgan fingerprint density at radius 1 is 1.00 bits per heavy atom. The average Bonchev–Trinajstić information content (AvgIpc) is 2.65. The molecule has 9 heteroatoms. The van der Waals surface area contributed by atoms with E-state index in [1.54, 1.807) is 32.4 Å². The van der Waals surface area contributed by atoms with Crippen LogP contribution in [0.3, 0.4) is 0 Å². The van der Waals surface area contributed by atoms with Crippen LogP contribution in [0.1, 0.15) is 11.1 Å². The van der Waals surface area contributed by atoms with Gasteiger partial charge in [-0.3, -0.25) is 4.57 Å². The van der Waals surface area contributed by atoms with Gasteiger partial charge in [0.15, 0.2) is 11.5 Å². The standard InChI is InChI=1S/C18H20N3O5P/c1-25-16-7-14-15(8-17(16)26-2)20-11-21-18(14)19-9-12-3-5-13(6-4-12)10-27(22,23)24/h3-8,11H,9-10H2,1-2H3,(H,19,20,21)(H2,22,23,24). The summed E-state index contributed by atoms with van der Waals surface area (Å²) in [5, 5.41) is 4.06. The molecule has 0 amide bonds. The third-order valence-electron chi connectivity index (χ3n) is 4.01.